The quantitative estimate of drug-likeness (QED) is 0.777. The second kappa shape index (κ2) is 10.4. The van der Waals surface area contributed by atoms with Gasteiger partial charge in [-0.2, -0.15) is 11.8 Å². The average Bonchev–Trinajstić information content (AvgIpc) is 2.09. The number of nitrogens with zero attached hydrogens (tertiary/aromatic N) is 1. The molecule has 1 rings (SSSR count). The SMILES string of the molecule is Br.Br.NCCSCc1ncccc1Br. The minimum absolute atomic E-state index is 0. The van der Waals surface area contributed by atoms with E-state index in [0.29, 0.717) is 0 Å². The van der Waals surface area contributed by atoms with E-state index in [1.807, 2.05) is 18.3 Å². The number of thioether (sulfide) groups is 1. The van der Waals surface area contributed by atoms with Gasteiger partial charge in [0.1, 0.15) is 0 Å². The van der Waals surface area contributed by atoms with Crippen molar-refractivity contribution in [2.45, 2.75) is 5.75 Å². The maximum atomic E-state index is 5.38. The van der Waals surface area contributed by atoms with Gasteiger partial charge in [0.05, 0.1) is 5.69 Å². The predicted molar refractivity (Wildman–Crippen MR) is 77.8 cm³/mol. The van der Waals surface area contributed by atoms with E-state index in [9.17, 15) is 0 Å². The first-order valence-corrected chi connectivity index (χ1v) is 5.66. The summed E-state index contributed by atoms with van der Waals surface area (Å²) < 4.78 is 1.08. The largest absolute Gasteiger partial charge is 0.330 e. The average molecular weight is 409 g/mol. The van der Waals surface area contributed by atoms with Crippen molar-refractivity contribution in [3.63, 3.8) is 0 Å². The molecule has 0 aromatic carbocycles. The van der Waals surface area contributed by atoms with E-state index in [1.165, 1.54) is 0 Å². The van der Waals surface area contributed by atoms with Crippen LogP contribution in [0.5, 0.6) is 0 Å². The van der Waals surface area contributed by atoms with Crippen LogP contribution in [0.15, 0.2) is 22.8 Å². The van der Waals surface area contributed by atoms with E-state index in [1.54, 1.807) is 11.8 Å². The molecule has 0 unspecified atom stereocenters. The maximum Gasteiger partial charge on any atom is 0.0644 e. The van der Waals surface area contributed by atoms with Gasteiger partial charge in [-0.25, -0.2) is 0 Å². The fourth-order valence-corrected chi connectivity index (χ4v) is 2.09. The van der Waals surface area contributed by atoms with E-state index in [0.717, 1.165) is 28.2 Å². The Morgan fingerprint density at radius 1 is 1.43 bits per heavy atom. The molecule has 0 saturated carbocycles. The second-order valence-electron chi connectivity index (χ2n) is 2.27. The highest BCUT2D eigenvalue weighted by atomic mass is 79.9. The molecule has 0 aliphatic carbocycles. The third-order valence-electron chi connectivity index (χ3n) is 1.34. The van der Waals surface area contributed by atoms with E-state index in [-0.39, 0.29) is 34.0 Å². The summed E-state index contributed by atoms with van der Waals surface area (Å²) in [5.74, 6) is 1.92. The van der Waals surface area contributed by atoms with Crippen LogP contribution < -0.4 is 5.73 Å². The molecule has 1 heterocycles. The zero-order valence-electron chi connectivity index (χ0n) is 7.48. The first-order chi connectivity index (χ1) is 5.84. The lowest BCUT2D eigenvalue weighted by molar-refractivity contribution is 1.13. The van der Waals surface area contributed by atoms with Crippen molar-refractivity contribution in [1.29, 1.82) is 0 Å². The Labute approximate surface area is 118 Å². The van der Waals surface area contributed by atoms with Crippen molar-refractivity contribution < 1.29 is 0 Å². The van der Waals surface area contributed by atoms with Crippen molar-refractivity contribution in [1.82, 2.24) is 4.98 Å². The normalized spacial score (nSPS) is 8.71. The predicted octanol–water partition coefficient (Wildman–Crippen LogP) is 3.19. The molecule has 0 fully saturated rings. The monoisotopic (exact) mass is 406 g/mol. The third kappa shape index (κ3) is 6.40. The molecule has 0 aliphatic rings. The van der Waals surface area contributed by atoms with Crippen LogP contribution in [-0.4, -0.2) is 17.3 Å². The lowest BCUT2D eigenvalue weighted by Gasteiger charge is -2.01. The van der Waals surface area contributed by atoms with Crippen LogP contribution in [0.1, 0.15) is 5.69 Å². The number of hydrogen-bond donors (Lipinski definition) is 1. The van der Waals surface area contributed by atoms with Gasteiger partial charge in [-0.1, -0.05) is 0 Å². The van der Waals surface area contributed by atoms with Gasteiger partial charge in [0.15, 0.2) is 0 Å². The molecule has 2 N–H and O–H groups in total. The summed E-state index contributed by atoms with van der Waals surface area (Å²) in [5, 5.41) is 0. The molecule has 0 saturated heterocycles. The Hall–Kier alpha value is 0.900. The smallest absolute Gasteiger partial charge is 0.0644 e. The molecular formula is C8H13Br3N2S. The molecule has 0 radical (unpaired) electrons. The summed E-state index contributed by atoms with van der Waals surface area (Å²) in [6.45, 7) is 0.731. The number of aromatic nitrogens is 1. The Bertz CT molecular complexity index is 248. The highest BCUT2D eigenvalue weighted by Crippen LogP contribution is 2.18. The van der Waals surface area contributed by atoms with E-state index in [2.05, 4.69) is 20.9 Å². The highest BCUT2D eigenvalue weighted by molar-refractivity contribution is 9.10. The molecule has 0 bridgehead atoms. The summed E-state index contributed by atoms with van der Waals surface area (Å²) in [7, 11) is 0. The minimum Gasteiger partial charge on any atom is -0.330 e. The Morgan fingerprint density at radius 3 is 2.71 bits per heavy atom. The molecular weight excluding hydrogens is 396 g/mol. The van der Waals surface area contributed by atoms with Gasteiger partial charge < -0.3 is 5.73 Å². The van der Waals surface area contributed by atoms with Gasteiger partial charge in [-0.15, -0.1) is 34.0 Å². The Morgan fingerprint density at radius 2 is 2.14 bits per heavy atom. The third-order valence-corrected chi connectivity index (χ3v) is 3.06. The van der Waals surface area contributed by atoms with Crippen molar-refractivity contribution >= 4 is 61.7 Å². The number of rotatable bonds is 4. The summed E-state index contributed by atoms with van der Waals surface area (Å²) in [6, 6.07) is 3.92. The summed E-state index contributed by atoms with van der Waals surface area (Å²) in [5.41, 5.74) is 6.47. The molecule has 0 atom stereocenters. The van der Waals surface area contributed by atoms with Crippen LogP contribution in [0, 0.1) is 0 Å². The number of nitrogens with two attached hydrogens (primary N) is 1. The first-order valence-electron chi connectivity index (χ1n) is 3.72. The summed E-state index contributed by atoms with van der Waals surface area (Å²) >= 11 is 5.24. The fourth-order valence-electron chi connectivity index (χ4n) is 0.777. The molecule has 0 amide bonds. The van der Waals surface area contributed by atoms with Crippen LogP contribution in [0.2, 0.25) is 0 Å². The van der Waals surface area contributed by atoms with Gasteiger partial charge in [-0.05, 0) is 28.1 Å². The zero-order valence-corrected chi connectivity index (χ0v) is 13.3. The van der Waals surface area contributed by atoms with Crippen LogP contribution in [0.25, 0.3) is 0 Å². The minimum atomic E-state index is 0. The molecule has 82 valence electrons. The highest BCUT2D eigenvalue weighted by Gasteiger charge is 1.98. The Balaban J connectivity index is 0. The lowest BCUT2D eigenvalue weighted by atomic mass is 10.4. The van der Waals surface area contributed by atoms with Crippen LogP contribution >= 0.6 is 61.7 Å². The van der Waals surface area contributed by atoms with Gasteiger partial charge in [0, 0.05) is 28.7 Å². The van der Waals surface area contributed by atoms with Gasteiger partial charge in [0.2, 0.25) is 0 Å². The molecule has 6 heteroatoms. The van der Waals surface area contributed by atoms with E-state index < -0.39 is 0 Å². The molecule has 14 heavy (non-hydrogen) atoms. The second-order valence-corrected chi connectivity index (χ2v) is 4.23. The number of pyridine rings is 1. The zero-order chi connectivity index (χ0) is 8.81. The summed E-state index contributed by atoms with van der Waals surface area (Å²) in [4.78, 5) is 4.24. The standard InChI is InChI=1S/C8H11BrN2S.2BrH/c9-7-2-1-4-11-8(7)6-12-5-3-10;;/h1-2,4H,3,5-6,10H2;2*1H. The lowest BCUT2D eigenvalue weighted by Crippen LogP contribution is -2.01. The van der Waals surface area contributed by atoms with E-state index in [4.69, 9.17) is 5.73 Å². The van der Waals surface area contributed by atoms with Crippen LogP contribution in [0.3, 0.4) is 0 Å². The first kappa shape index (κ1) is 17.3. The van der Waals surface area contributed by atoms with E-state index >= 15 is 0 Å². The van der Waals surface area contributed by atoms with Crippen LogP contribution in [0.4, 0.5) is 0 Å². The Kier molecular flexibility index (Phi) is 12.9. The van der Waals surface area contributed by atoms with Crippen LogP contribution in [-0.2, 0) is 5.75 Å². The van der Waals surface area contributed by atoms with Gasteiger partial charge in [0.25, 0.3) is 0 Å². The van der Waals surface area contributed by atoms with Gasteiger partial charge >= 0.3 is 0 Å². The van der Waals surface area contributed by atoms with Crippen molar-refractivity contribution in [3.05, 3.63) is 28.5 Å². The molecule has 1 aromatic rings. The topological polar surface area (TPSA) is 38.9 Å². The molecule has 0 aliphatic heterocycles. The van der Waals surface area contributed by atoms with Crippen molar-refractivity contribution in [2.75, 3.05) is 12.3 Å². The van der Waals surface area contributed by atoms with Crippen molar-refractivity contribution in [3.8, 4) is 0 Å². The van der Waals surface area contributed by atoms with Gasteiger partial charge in [-0.3, -0.25) is 4.98 Å². The number of hydrogen-bond acceptors (Lipinski definition) is 3. The molecule has 0 spiro atoms. The molecule has 2 nitrogen and oxygen atoms in total. The summed E-state index contributed by atoms with van der Waals surface area (Å²) in [6.07, 6.45) is 1.81. The fraction of sp³-hybridized carbons (Fsp3) is 0.375. The maximum absolute atomic E-state index is 5.38. The van der Waals surface area contributed by atoms with Crippen molar-refractivity contribution in [2.24, 2.45) is 5.73 Å². The number of halogens is 3. The molecule has 1 aromatic heterocycles.